The van der Waals surface area contributed by atoms with Gasteiger partial charge in [-0.1, -0.05) is 38.1 Å². The van der Waals surface area contributed by atoms with Crippen LogP contribution >= 0.6 is 0 Å². The molecule has 0 bridgehead atoms. The lowest BCUT2D eigenvalue weighted by atomic mass is 9.97. The first-order valence-electron chi connectivity index (χ1n) is 6.13. The van der Waals surface area contributed by atoms with Crippen molar-refractivity contribution in [3.8, 4) is 0 Å². The van der Waals surface area contributed by atoms with E-state index in [-0.39, 0.29) is 17.9 Å². The molecule has 0 saturated carbocycles. The number of halogens is 2. The molecule has 0 heterocycles. The third-order valence-electron chi connectivity index (χ3n) is 2.71. The average Bonchev–Trinajstić information content (AvgIpc) is 2.25. The van der Waals surface area contributed by atoms with Crippen molar-refractivity contribution in [1.82, 2.24) is 0 Å². The van der Waals surface area contributed by atoms with Crippen LogP contribution in [0.1, 0.15) is 37.8 Å². The largest absolute Gasteiger partial charge is 0.330 e. The summed E-state index contributed by atoms with van der Waals surface area (Å²) >= 11 is 0. The summed E-state index contributed by atoms with van der Waals surface area (Å²) in [6.45, 7) is 4.25. The Kier molecular flexibility index (Phi) is 5.06. The van der Waals surface area contributed by atoms with Crippen molar-refractivity contribution in [2.45, 2.75) is 39.0 Å². The van der Waals surface area contributed by atoms with Crippen molar-refractivity contribution in [3.05, 3.63) is 35.4 Å². The molecule has 1 nitrogen and oxygen atoms in total. The van der Waals surface area contributed by atoms with Crippen LogP contribution in [0.15, 0.2) is 24.3 Å². The van der Waals surface area contributed by atoms with Crippen LogP contribution in [0, 0.1) is 5.92 Å². The smallest absolute Gasteiger partial charge is 0.273 e. The van der Waals surface area contributed by atoms with Crippen LogP contribution in [0.5, 0.6) is 0 Å². The first kappa shape index (κ1) is 14.1. The van der Waals surface area contributed by atoms with Crippen LogP contribution in [0.2, 0.25) is 0 Å². The summed E-state index contributed by atoms with van der Waals surface area (Å²) in [4.78, 5) is 0. The molecule has 0 aliphatic heterocycles. The molecule has 96 valence electrons. The van der Waals surface area contributed by atoms with E-state index in [1.54, 1.807) is 12.1 Å². The van der Waals surface area contributed by atoms with E-state index in [9.17, 15) is 8.78 Å². The predicted octanol–water partition coefficient (Wildman–Crippen LogP) is 3.72. The van der Waals surface area contributed by atoms with Crippen molar-refractivity contribution in [1.29, 1.82) is 0 Å². The molecule has 3 heteroatoms. The van der Waals surface area contributed by atoms with E-state index in [4.69, 9.17) is 5.73 Å². The lowest BCUT2D eigenvalue weighted by molar-refractivity contribution is -0.0249. The number of hydrogen-bond acceptors (Lipinski definition) is 1. The molecule has 17 heavy (non-hydrogen) atoms. The van der Waals surface area contributed by atoms with Gasteiger partial charge in [0.2, 0.25) is 0 Å². The number of benzene rings is 1. The summed E-state index contributed by atoms with van der Waals surface area (Å²) in [5, 5.41) is 0. The molecule has 0 atom stereocenters. The zero-order chi connectivity index (χ0) is 12.9. The summed E-state index contributed by atoms with van der Waals surface area (Å²) in [7, 11) is 0. The fraction of sp³-hybridized carbons (Fsp3) is 0.571. The zero-order valence-corrected chi connectivity index (χ0v) is 10.5. The van der Waals surface area contributed by atoms with Gasteiger partial charge in [-0.15, -0.1) is 0 Å². The molecule has 1 aromatic rings. The highest BCUT2D eigenvalue weighted by molar-refractivity contribution is 5.26. The third kappa shape index (κ3) is 4.43. The average molecular weight is 241 g/mol. The van der Waals surface area contributed by atoms with Gasteiger partial charge in [-0.2, -0.15) is 0 Å². The molecule has 0 aromatic heterocycles. The van der Waals surface area contributed by atoms with Crippen molar-refractivity contribution in [2.75, 3.05) is 6.54 Å². The molecule has 0 spiro atoms. The standard InChI is InChI=1S/C14H21F2N/c1-11(2)10-14(15,16)13-7-5-12(6-8-13)4-3-9-17/h5-8,11H,3-4,9-10,17H2,1-2H3. The highest BCUT2D eigenvalue weighted by atomic mass is 19.3. The van der Waals surface area contributed by atoms with Crippen LogP contribution in [-0.4, -0.2) is 6.54 Å². The topological polar surface area (TPSA) is 26.0 Å². The Hall–Kier alpha value is -0.960. The van der Waals surface area contributed by atoms with Gasteiger partial charge in [-0.25, -0.2) is 8.78 Å². The van der Waals surface area contributed by atoms with Crippen molar-refractivity contribution in [2.24, 2.45) is 11.7 Å². The number of alkyl halides is 2. The Morgan fingerprint density at radius 2 is 1.76 bits per heavy atom. The fourth-order valence-corrected chi connectivity index (χ4v) is 1.85. The van der Waals surface area contributed by atoms with E-state index in [2.05, 4.69) is 0 Å². The van der Waals surface area contributed by atoms with Crippen LogP contribution in [0.3, 0.4) is 0 Å². The molecule has 0 aliphatic rings. The van der Waals surface area contributed by atoms with Gasteiger partial charge in [-0.3, -0.25) is 0 Å². The number of nitrogens with two attached hydrogens (primary N) is 1. The summed E-state index contributed by atoms with van der Waals surface area (Å²) in [6.07, 6.45) is 1.64. The van der Waals surface area contributed by atoms with Gasteiger partial charge in [-0.05, 0) is 30.9 Å². The molecule has 0 unspecified atom stereocenters. The van der Waals surface area contributed by atoms with E-state index in [0.717, 1.165) is 18.4 Å². The lowest BCUT2D eigenvalue weighted by Crippen LogP contribution is -2.16. The molecule has 0 aliphatic carbocycles. The number of hydrogen-bond donors (Lipinski definition) is 1. The van der Waals surface area contributed by atoms with Gasteiger partial charge in [0.15, 0.2) is 0 Å². The van der Waals surface area contributed by atoms with Gasteiger partial charge < -0.3 is 5.73 Å². The minimum Gasteiger partial charge on any atom is -0.330 e. The highest BCUT2D eigenvalue weighted by Gasteiger charge is 2.31. The second-order valence-corrected chi connectivity index (χ2v) is 4.89. The Morgan fingerprint density at radius 1 is 1.18 bits per heavy atom. The van der Waals surface area contributed by atoms with Crippen molar-refractivity contribution < 1.29 is 8.78 Å². The molecule has 1 rings (SSSR count). The Bertz CT molecular complexity index is 331. The fourth-order valence-electron chi connectivity index (χ4n) is 1.85. The van der Waals surface area contributed by atoms with E-state index >= 15 is 0 Å². The van der Waals surface area contributed by atoms with E-state index < -0.39 is 5.92 Å². The number of rotatable bonds is 6. The van der Waals surface area contributed by atoms with Crippen LogP contribution in [0.4, 0.5) is 8.78 Å². The molecule has 0 saturated heterocycles. The SMILES string of the molecule is CC(C)CC(F)(F)c1ccc(CCCN)cc1. The first-order chi connectivity index (χ1) is 7.95. The maximum atomic E-state index is 13.8. The lowest BCUT2D eigenvalue weighted by Gasteiger charge is -2.19. The maximum absolute atomic E-state index is 13.8. The minimum absolute atomic E-state index is 0.0121. The quantitative estimate of drug-likeness (QED) is 0.807. The van der Waals surface area contributed by atoms with Gasteiger partial charge in [0.05, 0.1) is 0 Å². The number of aryl methyl sites for hydroxylation is 1. The van der Waals surface area contributed by atoms with Crippen molar-refractivity contribution in [3.63, 3.8) is 0 Å². The second kappa shape index (κ2) is 6.10. The molecule has 0 radical (unpaired) electrons. The summed E-state index contributed by atoms with van der Waals surface area (Å²) in [6, 6.07) is 6.63. The van der Waals surface area contributed by atoms with E-state index in [1.165, 1.54) is 12.1 Å². The van der Waals surface area contributed by atoms with Crippen LogP contribution < -0.4 is 5.73 Å². The zero-order valence-electron chi connectivity index (χ0n) is 10.5. The predicted molar refractivity (Wildman–Crippen MR) is 67.2 cm³/mol. The Morgan fingerprint density at radius 3 is 2.24 bits per heavy atom. The molecule has 2 N–H and O–H groups in total. The van der Waals surface area contributed by atoms with E-state index in [1.807, 2.05) is 13.8 Å². The van der Waals surface area contributed by atoms with Crippen LogP contribution in [0.25, 0.3) is 0 Å². The van der Waals surface area contributed by atoms with Crippen molar-refractivity contribution >= 4 is 0 Å². The monoisotopic (exact) mass is 241 g/mol. The van der Waals surface area contributed by atoms with Gasteiger partial charge in [0.1, 0.15) is 0 Å². The first-order valence-corrected chi connectivity index (χ1v) is 6.13. The minimum atomic E-state index is -2.72. The Labute approximate surface area is 102 Å². The molecular weight excluding hydrogens is 220 g/mol. The van der Waals surface area contributed by atoms with Crippen LogP contribution in [-0.2, 0) is 12.3 Å². The highest BCUT2D eigenvalue weighted by Crippen LogP contribution is 2.34. The third-order valence-corrected chi connectivity index (χ3v) is 2.71. The molecule has 0 amide bonds. The maximum Gasteiger partial charge on any atom is 0.273 e. The molecule has 1 aromatic carbocycles. The Balaban J connectivity index is 2.72. The van der Waals surface area contributed by atoms with Gasteiger partial charge in [0.25, 0.3) is 5.92 Å². The molecule has 0 fully saturated rings. The van der Waals surface area contributed by atoms with Gasteiger partial charge in [0, 0.05) is 12.0 Å². The normalized spacial score (nSPS) is 12.1. The summed E-state index contributed by atoms with van der Waals surface area (Å²) in [5.74, 6) is -2.73. The summed E-state index contributed by atoms with van der Waals surface area (Å²) in [5.41, 5.74) is 6.59. The second-order valence-electron chi connectivity index (χ2n) is 4.89. The summed E-state index contributed by atoms with van der Waals surface area (Å²) < 4.78 is 27.5. The molecular formula is C14H21F2N. The van der Waals surface area contributed by atoms with E-state index in [0.29, 0.717) is 6.54 Å². The van der Waals surface area contributed by atoms with Gasteiger partial charge >= 0.3 is 0 Å².